The molecule has 0 fully saturated rings. The number of aromatic amines is 1. The minimum atomic E-state index is -0.179. The smallest absolute Gasteiger partial charge is 0.248 e. The number of para-hydroxylation sites is 1. The highest BCUT2D eigenvalue weighted by Gasteiger charge is 2.12. The van der Waals surface area contributed by atoms with E-state index in [0.717, 1.165) is 22.0 Å². The van der Waals surface area contributed by atoms with Gasteiger partial charge >= 0.3 is 0 Å². The van der Waals surface area contributed by atoms with Gasteiger partial charge in [0.1, 0.15) is 13.2 Å². The summed E-state index contributed by atoms with van der Waals surface area (Å²) in [6, 6.07) is 14.7. The standard InChI is InChI=1S/C22H20N2O4/c1-24(14-16-13-21(25)23-18-5-3-2-4-17(16)18)22(26)9-7-15-6-8-19-20(12-15)28-11-10-27-19/h2-9,12-13H,10-11,14H2,1H3,(H,23,25). The second-order valence-electron chi connectivity index (χ2n) is 6.64. The highest BCUT2D eigenvalue weighted by molar-refractivity contribution is 5.92. The van der Waals surface area contributed by atoms with Crippen LogP contribution >= 0.6 is 0 Å². The monoisotopic (exact) mass is 376 g/mol. The van der Waals surface area contributed by atoms with Gasteiger partial charge < -0.3 is 19.4 Å². The molecule has 1 aliphatic heterocycles. The van der Waals surface area contributed by atoms with Crippen molar-refractivity contribution in [3.05, 3.63) is 76.1 Å². The minimum Gasteiger partial charge on any atom is -0.486 e. The third-order valence-electron chi connectivity index (χ3n) is 4.60. The first kappa shape index (κ1) is 17.9. The molecule has 3 aromatic rings. The highest BCUT2D eigenvalue weighted by atomic mass is 16.6. The Balaban J connectivity index is 1.50. The summed E-state index contributed by atoms with van der Waals surface area (Å²) < 4.78 is 11.1. The van der Waals surface area contributed by atoms with Crippen LogP contribution in [-0.4, -0.2) is 36.1 Å². The third kappa shape index (κ3) is 3.76. The molecule has 2 aromatic carbocycles. The van der Waals surface area contributed by atoms with E-state index in [0.29, 0.717) is 31.3 Å². The molecule has 0 spiro atoms. The van der Waals surface area contributed by atoms with E-state index in [2.05, 4.69) is 4.98 Å². The number of rotatable bonds is 4. The molecule has 0 unspecified atom stereocenters. The van der Waals surface area contributed by atoms with Crippen LogP contribution in [0.1, 0.15) is 11.1 Å². The van der Waals surface area contributed by atoms with Gasteiger partial charge in [0.25, 0.3) is 0 Å². The Hall–Kier alpha value is -3.54. The van der Waals surface area contributed by atoms with Crippen LogP contribution in [0.4, 0.5) is 0 Å². The molecule has 0 aliphatic carbocycles. The van der Waals surface area contributed by atoms with E-state index < -0.39 is 0 Å². The largest absolute Gasteiger partial charge is 0.486 e. The first-order chi connectivity index (χ1) is 13.6. The molecule has 6 heteroatoms. The first-order valence-corrected chi connectivity index (χ1v) is 9.04. The van der Waals surface area contributed by atoms with Crippen molar-refractivity contribution in [3.63, 3.8) is 0 Å². The number of carbonyl (C=O) groups is 1. The predicted molar refractivity (Wildman–Crippen MR) is 108 cm³/mol. The molecule has 1 aromatic heterocycles. The lowest BCUT2D eigenvalue weighted by atomic mass is 10.1. The number of amides is 1. The Morgan fingerprint density at radius 3 is 2.75 bits per heavy atom. The zero-order valence-electron chi connectivity index (χ0n) is 15.5. The van der Waals surface area contributed by atoms with E-state index in [1.807, 2.05) is 42.5 Å². The molecule has 6 nitrogen and oxygen atoms in total. The van der Waals surface area contributed by atoms with Crippen molar-refractivity contribution in [2.24, 2.45) is 0 Å². The van der Waals surface area contributed by atoms with Crippen LogP contribution in [0.3, 0.4) is 0 Å². The molecule has 2 heterocycles. The maximum Gasteiger partial charge on any atom is 0.248 e. The Morgan fingerprint density at radius 2 is 1.89 bits per heavy atom. The van der Waals surface area contributed by atoms with Crippen LogP contribution in [0.25, 0.3) is 17.0 Å². The molecule has 0 atom stereocenters. The Morgan fingerprint density at radius 1 is 1.11 bits per heavy atom. The summed E-state index contributed by atoms with van der Waals surface area (Å²) in [5.74, 6) is 1.25. The number of carbonyl (C=O) groups excluding carboxylic acids is 1. The average molecular weight is 376 g/mol. The van der Waals surface area contributed by atoms with Gasteiger partial charge in [-0.2, -0.15) is 0 Å². The van der Waals surface area contributed by atoms with E-state index in [1.54, 1.807) is 18.0 Å². The zero-order chi connectivity index (χ0) is 19.5. The number of hydrogen-bond acceptors (Lipinski definition) is 4. The second-order valence-corrected chi connectivity index (χ2v) is 6.64. The quantitative estimate of drug-likeness (QED) is 0.711. The van der Waals surface area contributed by atoms with Crippen molar-refractivity contribution in [1.82, 2.24) is 9.88 Å². The fraction of sp³-hybridized carbons (Fsp3) is 0.182. The Kier molecular flexibility index (Phi) is 4.85. The van der Waals surface area contributed by atoms with Crippen LogP contribution in [0, 0.1) is 0 Å². The Bertz CT molecular complexity index is 1120. The summed E-state index contributed by atoms with van der Waals surface area (Å²) in [6.45, 7) is 1.41. The number of likely N-dealkylation sites (N-methyl/N-ethyl adjacent to an activating group) is 1. The molecule has 1 N–H and O–H groups in total. The molecular formula is C22H20N2O4. The van der Waals surface area contributed by atoms with Crippen LogP contribution in [0.2, 0.25) is 0 Å². The van der Waals surface area contributed by atoms with Crippen LogP contribution in [0.15, 0.2) is 59.4 Å². The number of fused-ring (bicyclic) bond motifs is 2. The van der Waals surface area contributed by atoms with Crippen LogP contribution in [-0.2, 0) is 11.3 Å². The fourth-order valence-corrected chi connectivity index (χ4v) is 3.20. The lowest BCUT2D eigenvalue weighted by Gasteiger charge is -2.18. The number of H-pyrrole nitrogens is 1. The summed E-state index contributed by atoms with van der Waals surface area (Å²) >= 11 is 0. The molecule has 0 radical (unpaired) electrons. The average Bonchev–Trinajstić information content (AvgIpc) is 2.71. The topological polar surface area (TPSA) is 71.6 Å². The van der Waals surface area contributed by atoms with Crippen molar-refractivity contribution in [3.8, 4) is 11.5 Å². The molecule has 142 valence electrons. The van der Waals surface area contributed by atoms with Crippen LogP contribution < -0.4 is 15.0 Å². The second kappa shape index (κ2) is 7.60. The van der Waals surface area contributed by atoms with E-state index in [1.165, 1.54) is 12.1 Å². The molecule has 1 amide bonds. The van der Waals surface area contributed by atoms with E-state index in [-0.39, 0.29) is 11.5 Å². The SMILES string of the molecule is CN(Cc1cc(=O)[nH]c2ccccc12)C(=O)C=Cc1ccc2c(c1)OCCO2. The summed E-state index contributed by atoms with van der Waals surface area (Å²) in [4.78, 5) is 28.8. The number of nitrogens with zero attached hydrogens (tertiary/aromatic N) is 1. The third-order valence-corrected chi connectivity index (χ3v) is 4.60. The number of ether oxygens (including phenoxy) is 2. The van der Waals surface area contributed by atoms with Crippen molar-refractivity contribution in [2.75, 3.05) is 20.3 Å². The molecule has 1 aliphatic rings. The summed E-state index contributed by atoms with van der Waals surface area (Å²) in [5.41, 5.74) is 2.24. The number of aromatic nitrogens is 1. The van der Waals surface area contributed by atoms with Gasteiger partial charge in [0.2, 0.25) is 11.5 Å². The van der Waals surface area contributed by atoms with Gasteiger partial charge in [-0.15, -0.1) is 0 Å². The predicted octanol–water partition coefficient (Wildman–Crippen LogP) is 2.97. The van der Waals surface area contributed by atoms with E-state index in [9.17, 15) is 9.59 Å². The van der Waals surface area contributed by atoms with Gasteiger partial charge in [0.15, 0.2) is 11.5 Å². The number of benzene rings is 2. The molecule has 4 rings (SSSR count). The van der Waals surface area contributed by atoms with Gasteiger partial charge in [-0.1, -0.05) is 24.3 Å². The first-order valence-electron chi connectivity index (χ1n) is 9.04. The zero-order valence-corrected chi connectivity index (χ0v) is 15.5. The van der Waals surface area contributed by atoms with Gasteiger partial charge in [-0.25, -0.2) is 0 Å². The van der Waals surface area contributed by atoms with Gasteiger partial charge in [-0.05, 0) is 35.4 Å². The van der Waals surface area contributed by atoms with Gasteiger partial charge in [0.05, 0.1) is 0 Å². The summed E-state index contributed by atoms with van der Waals surface area (Å²) in [7, 11) is 1.71. The van der Waals surface area contributed by atoms with E-state index in [4.69, 9.17) is 9.47 Å². The lowest BCUT2D eigenvalue weighted by Crippen LogP contribution is -2.25. The molecule has 28 heavy (non-hydrogen) atoms. The number of nitrogens with one attached hydrogen (secondary N) is 1. The normalized spacial score (nSPS) is 13.0. The van der Waals surface area contributed by atoms with Crippen LogP contribution in [0.5, 0.6) is 11.5 Å². The van der Waals surface area contributed by atoms with Crippen molar-refractivity contribution >= 4 is 22.9 Å². The van der Waals surface area contributed by atoms with Gasteiger partial charge in [-0.3, -0.25) is 9.59 Å². The maximum atomic E-state index is 12.5. The van der Waals surface area contributed by atoms with E-state index >= 15 is 0 Å². The highest BCUT2D eigenvalue weighted by Crippen LogP contribution is 2.31. The maximum absolute atomic E-state index is 12.5. The molecule has 0 saturated heterocycles. The molecule has 0 bridgehead atoms. The van der Waals surface area contributed by atoms with Gasteiger partial charge in [0, 0.05) is 36.6 Å². The minimum absolute atomic E-state index is 0.153. The summed E-state index contributed by atoms with van der Waals surface area (Å²) in [6.07, 6.45) is 3.26. The summed E-state index contributed by atoms with van der Waals surface area (Å²) in [5, 5.41) is 0.928. The fourth-order valence-electron chi connectivity index (χ4n) is 3.20. The van der Waals surface area contributed by atoms with Crippen molar-refractivity contribution in [2.45, 2.75) is 6.54 Å². The Labute approximate surface area is 162 Å². The molecular weight excluding hydrogens is 356 g/mol. The van der Waals surface area contributed by atoms with Crippen molar-refractivity contribution in [1.29, 1.82) is 0 Å². The van der Waals surface area contributed by atoms with Crippen molar-refractivity contribution < 1.29 is 14.3 Å². The number of pyridine rings is 1. The number of hydrogen-bond donors (Lipinski definition) is 1. The molecule has 0 saturated carbocycles. The lowest BCUT2D eigenvalue weighted by molar-refractivity contribution is -0.125.